The van der Waals surface area contributed by atoms with Crippen LogP contribution in [0.25, 0.3) is 0 Å². The van der Waals surface area contributed by atoms with Crippen molar-refractivity contribution in [3.63, 3.8) is 0 Å². The Bertz CT molecular complexity index is 1050. The van der Waals surface area contributed by atoms with Gasteiger partial charge in [0.2, 0.25) is 5.91 Å². The van der Waals surface area contributed by atoms with Gasteiger partial charge < -0.3 is 5.32 Å². The number of anilines is 1. The van der Waals surface area contributed by atoms with Crippen LogP contribution in [0.4, 0.5) is 5.69 Å². The molecular formula is C24H27N5O2S. The van der Waals surface area contributed by atoms with Crippen molar-refractivity contribution in [2.75, 3.05) is 4.90 Å². The van der Waals surface area contributed by atoms with Crippen molar-refractivity contribution in [3.8, 4) is 0 Å². The molecule has 1 saturated carbocycles. The van der Waals surface area contributed by atoms with E-state index in [-0.39, 0.29) is 23.6 Å². The lowest BCUT2D eigenvalue weighted by Crippen LogP contribution is -2.47. The third-order valence-corrected chi connectivity index (χ3v) is 6.21. The molecule has 1 atom stereocenters. The standard InChI is InChI=1S/C24H27N5O2S/c1-16-12-17(2)14-19(13-16)29(24(31)21-15-32-28-27-21)22(20-10-6-7-11-25-20)23(30)26-18-8-4-3-5-9-18/h6-7,10-15,18,22H,3-5,8-9H2,1-2H3,(H,26,30)/t22-/m0/s1. The predicted octanol–water partition coefficient (Wildman–Crippen LogP) is 4.39. The molecule has 0 unspecified atom stereocenters. The molecule has 0 radical (unpaired) electrons. The Morgan fingerprint density at radius 1 is 1.09 bits per heavy atom. The molecule has 1 aliphatic rings. The molecule has 3 aromatic rings. The van der Waals surface area contributed by atoms with Crippen molar-refractivity contribution in [1.29, 1.82) is 0 Å². The molecular weight excluding hydrogens is 422 g/mol. The van der Waals surface area contributed by atoms with Gasteiger partial charge in [0.15, 0.2) is 11.7 Å². The Balaban J connectivity index is 1.80. The zero-order valence-corrected chi connectivity index (χ0v) is 19.1. The fourth-order valence-electron chi connectivity index (χ4n) is 4.30. The van der Waals surface area contributed by atoms with Gasteiger partial charge in [-0.2, -0.15) is 0 Å². The van der Waals surface area contributed by atoms with Gasteiger partial charge in [0.25, 0.3) is 5.91 Å². The number of aryl methyl sites for hydroxylation is 2. The fraction of sp³-hybridized carbons (Fsp3) is 0.375. The van der Waals surface area contributed by atoms with Gasteiger partial charge in [0.1, 0.15) is 0 Å². The van der Waals surface area contributed by atoms with E-state index in [1.807, 2.05) is 38.1 Å². The lowest BCUT2D eigenvalue weighted by Gasteiger charge is -2.32. The van der Waals surface area contributed by atoms with E-state index < -0.39 is 6.04 Å². The third kappa shape index (κ3) is 5.02. The zero-order chi connectivity index (χ0) is 22.5. The molecule has 1 aliphatic carbocycles. The van der Waals surface area contributed by atoms with E-state index in [4.69, 9.17) is 0 Å². The van der Waals surface area contributed by atoms with Gasteiger partial charge in [-0.3, -0.25) is 19.5 Å². The summed E-state index contributed by atoms with van der Waals surface area (Å²) in [4.78, 5) is 33.3. The predicted molar refractivity (Wildman–Crippen MR) is 125 cm³/mol. The number of benzene rings is 1. The lowest BCUT2D eigenvalue weighted by molar-refractivity contribution is -0.123. The number of aromatic nitrogens is 3. The van der Waals surface area contributed by atoms with E-state index in [2.05, 4.69) is 19.9 Å². The van der Waals surface area contributed by atoms with Crippen LogP contribution in [0.2, 0.25) is 0 Å². The SMILES string of the molecule is Cc1cc(C)cc(N(C(=O)c2csnn2)[C@H](C(=O)NC2CCCCC2)c2ccccn2)c1. The molecule has 1 N–H and O–H groups in total. The lowest BCUT2D eigenvalue weighted by atomic mass is 9.95. The number of rotatable bonds is 6. The van der Waals surface area contributed by atoms with Crippen LogP contribution in [0.1, 0.15) is 65.5 Å². The molecule has 0 bridgehead atoms. The highest BCUT2D eigenvalue weighted by molar-refractivity contribution is 7.03. The van der Waals surface area contributed by atoms with Crippen molar-refractivity contribution < 1.29 is 9.59 Å². The van der Waals surface area contributed by atoms with Crippen LogP contribution in [0, 0.1) is 13.8 Å². The number of nitrogens with zero attached hydrogens (tertiary/aromatic N) is 4. The molecule has 166 valence electrons. The molecule has 8 heteroatoms. The monoisotopic (exact) mass is 449 g/mol. The van der Waals surface area contributed by atoms with Gasteiger partial charge in [-0.15, -0.1) is 5.10 Å². The summed E-state index contributed by atoms with van der Waals surface area (Å²) in [6.07, 6.45) is 6.94. The highest BCUT2D eigenvalue weighted by Crippen LogP contribution is 2.31. The number of carbonyl (C=O) groups excluding carboxylic acids is 2. The maximum Gasteiger partial charge on any atom is 0.280 e. The number of carbonyl (C=O) groups is 2. The third-order valence-electron chi connectivity index (χ3n) is 5.71. The van der Waals surface area contributed by atoms with Crippen LogP contribution >= 0.6 is 11.5 Å². The smallest absolute Gasteiger partial charge is 0.280 e. The van der Waals surface area contributed by atoms with Crippen molar-refractivity contribution in [2.24, 2.45) is 0 Å². The minimum Gasteiger partial charge on any atom is -0.351 e. The molecule has 4 rings (SSSR count). The second kappa shape index (κ2) is 9.99. The molecule has 0 spiro atoms. The molecule has 2 heterocycles. The Labute approximate surface area is 192 Å². The summed E-state index contributed by atoms with van der Waals surface area (Å²) in [6.45, 7) is 3.95. The minimum absolute atomic E-state index is 0.111. The van der Waals surface area contributed by atoms with Crippen LogP contribution in [-0.2, 0) is 4.79 Å². The van der Waals surface area contributed by atoms with E-state index in [1.54, 1.807) is 23.7 Å². The van der Waals surface area contributed by atoms with E-state index in [0.717, 1.165) is 48.3 Å². The molecule has 7 nitrogen and oxygen atoms in total. The van der Waals surface area contributed by atoms with E-state index in [0.29, 0.717) is 11.4 Å². The molecule has 1 aromatic carbocycles. The molecule has 1 fully saturated rings. The number of nitrogens with one attached hydrogen (secondary N) is 1. The number of amides is 2. The quantitative estimate of drug-likeness (QED) is 0.603. The first-order valence-corrected chi connectivity index (χ1v) is 11.8. The van der Waals surface area contributed by atoms with E-state index in [9.17, 15) is 9.59 Å². The second-order valence-corrected chi connectivity index (χ2v) is 8.92. The fourth-order valence-corrected chi connectivity index (χ4v) is 4.73. The van der Waals surface area contributed by atoms with Gasteiger partial charge in [0, 0.05) is 23.3 Å². The first-order chi connectivity index (χ1) is 15.5. The van der Waals surface area contributed by atoms with Gasteiger partial charge >= 0.3 is 0 Å². The average Bonchev–Trinajstić information content (AvgIpc) is 3.32. The summed E-state index contributed by atoms with van der Waals surface area (Å²) in [5, 5.41) is 8.78. The van der Waals surface area contributed by atoms with Gasteiger partial charge in [-0.05, 0) is 73.6 Å². The summed E-state index contributed by atoms with van der Waals surface area (Å²) < 4.78 is 3.85. The number of hydrogen-bond donors (Lipinski definition) is 1. The summed E-state index contributed by atoms with van der Waals surface area (Å²) in [6, 6.07) is 10.5. The highest BCUT2D eigenvalue weighted by Gasteiger charge is 2.36. The molecule has 0 aliphatic heterocycles. The average molecular weight is 450 g/mol. The van der Waals surface area contributed by atoms with Crippen LogP contribution in [0.15, 0.2) is 48.0 Å². The zero-order valence-electron chi connectivity index (χ0n) is 18.3. The Hall–Kier alpha value is -3.13. The van der Waals surface area contributed by atoms with Gasteiger partial charge in [-0.1, -0.05) is 35.9 Å². The molecule has 32 heavy (non-hydrogen) atoms. The van der Waals surface area contributed by atoms with Gasteiger partial charge in [0.05, 0.1) is 5.69 Å². The van der Waals surface area contributed by atoms with Crippen LogP contribution in [0.3, 0.4) is 0 Å². The Kier molecular flexibility index (Phi) is 6.90. The summed E-state index contributed by atoms with van der Waals surface area (Å²) >= 11 is 1.11. The summed E-state index contributed by atoms with van der Waals surface area (Å²) in [7, 11) is 0. The van der Waals surface area contributed by atoms with Crippen LogP contribution in [-0.4, -0.2) is 32.4 Å². The first-order valence-electron chi connectivity index (χ1n) is 10.9. The normalized spacial score (nSPS) is 15.2. The molecule has 0 saturated heterocycles. The van der Waals surface area contributed by atoms with Gasteiger partial charge in [-0.25, -0.2) is 0 Å². The second-order valence-electron chi connectivity index (χ2n) is 8.31. The minimum atomic E-state index is -0.923. The highest BCUT2D eigenvalue weighted by atomic mass is 32.1. The first kappa shape index (κ1) is 22.1. The Morgan fingerprint density at radius 3 is 2.47 bits per heavy atom. The van der Waals surface area contributed by atoms with Crippen molar-refractivity contribution in [2.45, 2.75) is 58.0 Å². The van der Waals surface area contributed by atoms with Crippen LogP contribution in [0.5, 0.6) is 0 Å². The van der Waals surface area contributed by atoms with Crippen LogP contribution < -0.4 is 10.2 Å². The van der Waals surface area contributed by atoms with Crippen molar-refractivity contribution in [3.05, 3.63) is 70.5 Å². The largest absolute Gasteiger partial charge is 0.351 e. The van der Waals surface area contributed by atoms with E-state index >= 15 is 0 Å². The molecule has 2 amide bonds. The maximum atomic E-state index is 13.7. The maximum absolute atomic E-state index is 13.7. The van der Waals surface area contributed by atoms with Crippen molar-refractivity contribution in [1.82, 2.24) is 19.9 Å². The topological polar surface area (TPSA) is 88.1 Å². The summed E-state index contributed by atoms with van der Waals surface area (Å²) in [5.74, 6) is -0.607. The molecule has 2 aromatic heterocycles. The number of hydrogen-bond acceptors (Lipinski definition) is 6. The van der Waals surface area contributed by atoms with E-state index in [1.165, 1.54) is 11.3 Å². The Morgan fingerprint density at radius 2 is 1.84 bits per heavy atom. The number of pyridine rings is 1. The summed E-state index contributed by atoms with van der Waals surface area (Å²) in [5.41, 5.74) is 3.36. The van der Waals surface area contributed by atoms with Crippen molar-refractivity contribution >= 4 is 29.0 Å².